The third kappa shape index (κ3) is 3.53. The highest BCUT2D eigenvalue weighted by Crippen LogP contribution is 2.66. The largest absolute Gasteiger partial charge is 0.393 e. The van der Waals surface area contributed by atoms with Crippen LogP contribution in [0.5, 0.6) is 0 Å². The molecule has 8 atom stereocenters. The average molecular weight is 419 g/mol. The van der Waals surface area contributed by atoms with Gasteiger partial charge in [-0.25, -0.2) is 0 Å². The molecule has 5 nitrogen and oxygen atoms in total. The Labute approximate surface area is 182 Å². The molecular weight excluding hydrogens is 376 g/mol. The van der Waals surface area contributed by atoms with Gasteiger partial charge in [0.15, 0.2) is 0 Å². The summed E-state index contributed by atoms with van der Waals surface area (Å²) in [7, 11) is 0. The molecule has 0 radical (unpaired) electrons. The number of carbonyl (C=O) groups excluding carboxylic acids is 1. The minimum absolute atomic E-state index is 0.0639. The molecule has 30 heavy (non-hydrogen) atoms. The van der Waals surface area contributed by atoms with E-state index in [1.165, 1.54) is 38.5 Å². The van der Waals surface area contributed by atoms with E-state index in [2.05, 4.69) is 24.1 Å². The van der Waals surface area contributed by atoms with Crippen molar-refractivity contribution in [1.29, 1.82) is 0 Å². The number of aliphatic hydroxyl groups excluding tert-OH is 1. The van der Waals surface area contributed by atoms with Gasteiger partial charge >= 0.3 is 0 Å². The van der Waals surface area contributed by atoms with Crippen LogP contribution in [-0.4, -0.2) is 60.9 Å². The van der Waals surface area contributed by atoms with Crippen LogP contribution < -0.4 is 5.32 Å². The number of morpholine rings is 1. The summed E-state index contributed by atoms with van der Waals surface area (Å²) >= 11 is 0. The number of amides is 1. The van der Waals surface area contributed by atoms with Gasteiger partial charge in [0.1, 0.15) is 0 Å². The van der Waals surface area contributed by atoms with Crippen molar-refractivity contribution in [3.63, 3.8) is 0 Å². The Balaban J connectivity index is 1.25. The van der Waals surface area contributed by atoms with Gasteiger partial charge < -0.3 is 15.2 Å². The van der Waals surface area contributed by atoms with E-state index < -0.39 is 0 Å². The molecule has 1 aliphatic heterocycles. The van der Waals surface area contributed by atoms with E-state index in [4.69, 9.17) is 4.74 Å². The SMILES string of the molecule is C[C@]12CC[C@H](O)C[C@@H]1CC[C@@H]1[C@H]2CC[C@]2(C)[C@H](NC(=O)CN3CCOCC3)CC[C@@H]12. The Kier molecular flexibility index (Phi) is 5.69. The van der Waals surface area contributed by atoms with Crippen LogP contribution in [0.3, 0.4) is 0 Å². The van der Waals surface area contributed by atoms with Crippen LogP contribution in [0.2, 0.25) is 0 Å². The Morgan fingerprint density at radius 2 is 1.73 bits per heavy atom. The second-order valence-corrected chi connectivity index (χ2v) is 11.7. The highest BCUT2D eigenvalue weighted by atomic mass is 16.5. The lowest BCUT2D eigenvalue weighted by atomic mass is 9.45. The van der Waals surface area contributed by atoms with Crippen molar-refractivity contribution in [3.05, 3.63) is 0 Å². The fourth-order valence-corrected chi connectivity index (χ4v) is 8.67. The van der Waals surface area contributed by atoms with Gasteiger partial charge in [-0.15, -0.1) is 0 Å². The summed E-state index contributed by atoms with van der Waals surface area (Å²) < 4.78 is 5.42. The monoisotopic (exact) mass is 418 g/mol. The number of ether oxygens (including phenoxy) is 1. The molecule has 4 aliphatic carbocycles. The third-order valence-electron chi connectivity index (χ3n) is 10.4. The van der Waals surface area contributed by atoms with Gasteiger partial charge in [0, 0.05) is 19.1 Å². The zero-order valence-electron chi connectivity index (χ0n) is 19.1. The van der Waals surface area contributed by atoms with Crippen LogP contribution in [0.25, 0.3) is 0 Å². The van der Waals surface area contributed by atoms with E-state index in [-0.39, 0.29) is 17.4 Å². The molecule has 5 fully saturated rings. The van der Waals surface area contributed by atoms with Gasteiger partial charge in [-0.2, -0.15) is 0 Å². The first kappa shape index (κ1) is 21.2. The molecule has 4 saturated carbocycles. The van der Waals surface area contributed by atoms with Crippen LogP contribution in [0.4, 0.5) is 0 Å². The van der Waals surface area contributed by atoms with Crippen LogP contribution in [0.1, 0.15) is 71.6 Å². The van der Waals surface area contributed by atoms with E-state index in [1.807, 2.05) is 0 Å². The molecule has 1 heterocycles. The van der Waals surface area contributed by atoms with Crippen LogP contribution >= 0.6 is 0 Å². The normalized spacial score (nSPS) is 49.0. The molecule has 2 N–H and O–H groups in total. The summed E-state index contributed by atoms with van der Waals surface area (Å²) in [6.07, 6.45) is 10.8. The Morgan fingerprint density at radius 3 is 2.53 bits per heavy atom. The van der Waals surface area contributed by atoms with Gasteiger partial charge in [-0.05, 0) is 92.3 Å². The molecule has 5 aliphatic rings. The zero-order valence-corrected chi connectivity index (χ0v) is 19.1. The van der Waals surface area contributed by atoms with Crippen LogP contribution in [-0.2, 0) is 9.53 Å². The van der Waals surface area contributed by atoms with Crippen molar-refractivity contribution in [1.82, 2.24) is 10.2 Å². The zero-order chi connectivity index (χ0) is 20.9. The Hall–Kier alpha value is -0.650. The number of aliphatic hydroxyl groups is 1. The van der Waals surface area contributed by atoms with E-state index in [0.29, 0.717) is 18.0 Å². The highest BCUT2D eigenvalue weighted by molar-refractivity contribution is 5.78. The summed E-state index contributed by atoms with van der Waals surface area (Å²) in [5, 5.41) is 13.7. The first-order valence-corrected chi connectivity index (χ1v) is 12.7. The number of fused-ring (bicyclic) bond motifs is 5. The summed E-state index contributed by atoms with van der Waals surface area (Å²) in [5.41, 5.74) is 0.695. The maximum atomic E-state index is 12.8. The molecule has 170 valence electrons. The van der Waals surface area contributed by atoms with Gasteiger partial charge in [0.2, 0.25) is 5.91 Å². The average Bonchev–Trinajstić information content (AvgIpc) is 3.05. The topological polar surface area (TPSA) is 61.8 Å². The highest BCUT2D eigenvalue weighted by Gasteiger charge is 2.60. The third-order valence-corrected chi connectivity index (χ3v) is 10.4. The van der Waals surface area contributed by atoms with Crippen molar-refractivity contribution in [3.8, 4) is 0 Å². The molecule has 5 heteroatoms. The lowest BCUT2D eigenvalue weighted by Crippen LogP contribution is -2.56. The van der Waals surface area contributed by atoms with E-state index in [1.54, 1.807) is 0 Å². The number of nitrogens with zero attached hydrogens (tertiary/aromatic N) is 1. The number of hydrogen-bond donors (Lipinski definition) is 2. The fourth-order valence-electron chi connectivity index (χ4n) is 8.67. The quantitative estimate of drug-likeness (QED) is 0.739. The molecule has 0 aromatic carbocycles. The van der Waals surface area contributed by atoms with Gasteiger partial charge in [0.25, 0.3) is 0 Å². The minimum Gasteiger partial charge on any atom is -0.393 e. The first-order valence-electron chi connectivity index (χ1n) is 12.7. The molecule has 0 spiro atoms. The lowest BCUT2D eigenvalue weighted by molar-refractivity contribution is -0.131. The molecule has 0 aromatic rings. The first-order chi connectivity index (χ1) is 14.4. The van der Waals surface area contributed by atoms with Crippen molar-refractivity contribution in [2.45, 2.75) is 83.8 Å². The summed E-state index contributed by atoms with van der Waals surface area (Å²) in [5.74, 6) is 3.33. The van der Waals surface area contributed by atoms with Gasteiger partial charge in [0.05, 0.1) is 25.9 Å². The maximum absolute atomic E-state index is 12.8. The van der Waals surface area contributed by atoms with Crippen molar-refractivity contribution in [2.75, 3.05) is 32.8 Å². The van der Waals surface area contributed by atoms with Gasteiger partial charge in [-0.1, -0.05) is 13.8 Å². The second-order valence-electron chi connectivity index (χ2n) is 11.7. The maximum Gasteiger partial charge on any atom is 0.234 e. The molecule has 0 bridgehead atoms. The molecule has 1 amide bonds. The minimum atomic E-state index is -0.0639. The number of hydrogen-bond acceptors (Lipinski definition) is 4. The predicted octanol–water partition coefficient (Wildman–Crippen LogP) is 3.21. The Morgan fingerprint density at radius 1 is 1.00 bits per heavy atom. The van der Waals surface area contributed by atoms with Crippen molar-refractivity contribution >= 4 is 5.91 Å². The molecular formula is C25H42N2O3. The second kappa shape index (κ2) is 8.04. The van der Waals surface area contributed by atoms with E-state index in [9.17, 15) is 9.90 Å². The number of nitrogens with one attached hydrogen (secondary N) is 1. The summed E-state index contributed by atoms with van der Waals surface area (Å²) in [6, 6.07) is 0.343. The Bertz CT molecular complexity index is 650. The van der Waals surface area contributed by atoms with E-state index in [0.717, 1.165) is 69.2 Å². The predicted molar refractivity (Wildman–Crippen MR) is 117 cm³/mol. The smallest absolute Gasteiger partial charge is 0.234 e. The fraction of sp³-hybridized carbons (Fsp3) is 0.960. The number of carbonyl (C=O) groups is 1. The molecule has 1 saturated heterocycles. The standard InChI is InChI=1S/C25H42N2O3/c1-24-9-7-18(28)15-17(24)3-4-19-20-5-6-22(25(20,2)10-8-21(19)24)26-23(29)16-27-11-13-30-14-12-27/h17-22,28H,3-16H2,1-2H3,(H,26,29)/t17-,18-,19-,20-,21+,22+,24-,25-/m0/s1. The molecule has 0 aromatic heterocycles. The van der Waals surface area contributed by atoms with E-state index >= 15 is 0 Å². The number of rotatable bonds is 3. The molecule has 0 unspecified atom stereocenters. The lowest BCUT2D eigenvalue weighted by Gasteiger charge is -2.61. The molecule has 5 rings (SSSR count). The summed E-state index contributed by atoms with van der Waals surface area (Å²) in [6.45, 7) is 8.80. The van der Waals surface area contributed by atoms with Crippen LogP contribution in [0.15, 0.2) is 0 Å². The summed E-state index contributed by atoms with van der Waals surface area (Å²) in [4.78, 5) is 15.0. The van der Waals surface area contributed by atoms with Gasteiger partial charge in [-0.3, -0.25) is 9.69 Å². The van der Waals surface area contributed by atoms with Crippen molar-refractivity contribution < 1.29 is 14.6 Å². The van der Waals surface area contributed by atoms with Crippen LogP contribution in [0, 0.1) is 34.5 Å². The van der Waals surface area contributed by atoms with Crippen molar-refractivity contribution in [2.24, 2.45) is 34.5 Å².